The Balaban J connectivity index is 4.53. The number of aliphatic hydroxyl groups excluding tert-OH is 2. The van der Waals surface area contributed by atoms with Crippen LogP contribution in [0.15, 0.2) is 48.6 Å². The molecule has 0 aromatic heterocycles. The molecule has 0 saturated carbocycles. The molecule has 3 N–H and O–H groups in total. The van der Waals surface area contributed by atoms with Crippen molar-refractivity contribution >= 4 is 11.9 Å². The third-order valence-electron chi connectivity index (χ3n) is 10.4. The molecule has 0 aliphatic carbocycles. The van der Waals surface area contributed by atoms with Gasteiger partial charge < -0.3 is 20.3 Å². The van der Waals surface area contributed by atoms with Crippen LogP contribution in [0.5, 0.6) is 0 Å². The highest BCUT2D eigenvalue weighted by Crippen LogP contribution is 2.17. The van der Waals surface area contributed by atoms with E-state index < -0.39 is 18.2 Å². The zero-order chi connectivity index (χ0) is 40.3. The van der Waals surface area contributed by atoms with Crippen LogP contribution >= 0.6 is 0 Å². The van der Waals surface area contributed by atoms with Crippen molar-refractivity contribution in [2.24, 2.45) is 0 Å². The van der Waals surface area contributed by atoms with Crippen molar-refractivity contribution in [2.75, 3.05) is 6.61 Å². The van der Waals surface area contributed by atoms with Crippen LogP contribution in [0.3, 0.4) is 0 Å². The summed E-state index contributed by atoms with van der Waals surface area (Å²) in [6.07, 6.45) is 50.3. The van der Waals surface area contributed by atoms with Crippen LogP contribution in [0.1, 0.15) is 226 Å². The first-order chi connectivity index (χ1) is 27.0. The Hall–Kier alpha value is -2.18. The molecule has 3 unspecified atom stereocenters. The van der Waals surface area contributed by atoms with Crippen molar-refractivity contribution < 1.29 is 24.5 Å². The van der Waals surface area contributed by atoms with Crippen LogP contribution in [-0.2, 0) is 14.3 Å². The second-order valence-electron chi connectivity index (χ2n) is 15.8. The summed E-state index contributed by atoms with van der Waals surface area (Å²) in [6, 6.07) is -0.706. The molecule has 0 aromatic rings. The van der Waals surface area contributed by atoms with Crippen LogP contribution in [0.25, 0.3) is 0 Å². The van der Waals surface area contributed by atoms with Gasteiger partial charge >= 0.3 is 5.97 Å². The van der Waals surface area contributed by atoms with Crippen molar-refractivity contribution in [3.05, 3.63) is 48.6 Å². The number of unbranched alkanes of at least 4 members (excludes halogenated alkanes) is 21. The van der Waals surface area contributed by atoms with Gasteiger partial charge in [-0.25, -0.2) is 0 Å². The zero-order valence-corrected chi connectivity index (χ0v) is 36.3. The van der Waals surface area contributed by atoms with Gasteiger partial charge in [-0.05, 0) is 77.0 Å². The Morgan fingerprint density at radius 3 is 1.58 bits per heavy atom. The number of esters is 1. The summed E-state index contributed by atoms with van der Waals surface area (Å²) in [7, 11) is 0. The van der Waals surface area contributed by atoms with Gasteiger partial charge in [0.15, 0.2) is 0 Å². The Morgan fingerprint density at radius 2 is 1.00 bits per heavy atom. The Labute approximate surface area is 340 Å². The number of ether oxygens (including phenoxy) is 1. The van der Waals surface area contributed by atoms with Gasteiger partial charge in [0.2, 0.25) is 5.91 Å². The predicted octanol–water partition coefficient (Wildman–Crippen LogP) is 13.5. The molecule has 0 radical (unpaired) electrons. The van der Waals surface area contributed by atoms with E-state index >= 15 is 0 Å². The summed E-state index contributed by atoms with van der Waals surface area (Å²) >= 11 is 0. The van der Waals surface area contributed by atoms with Crippen LogP contribution in [0, 0.1) is 0 Å². The lowest BCUT2D eigenvalue weighted by molar-refractivity contribution is -0.151. The number of carbonyl (C=O) groups excluding carboxylic acids is 2. The lowest BCUT2D eigenvalue weighted by Gasteiger charge is -2.24. The average Bonchev–Trinajstić information content (AvgIpc) is 3.18. The molecule has 0 aromatic carbocycles. The maximum absolute atomic E-state index is 13.1. The van der Waals surface area contributed by atoms with Gasteiger partial charge in [0.05, 0.1) is 25.2 Å². The smallest absolute Gasteiger partial charge is 0.306 e. The van der Waals surface area contributed by atoms with E-state index in [0.29, 0.717) is 19.3 Å². The second-order valence-corrected chi connectivity index (χ2v) is 15.8. The summed E-state index contributed by atoms with van der Waals surface area (Å²) in [5, 5.41) is 23.6. The number of carbonyl (C=O) groups is 2. The van der Waals surface area contributed by atoms with E-state index in [-0.39, 0.29) is 24.9 Å². The molecule has 0 spiro atoms. The number of rotatable bonds is 41. The summed E-state index contributed by atoms with van der Waals surface area (Å²) in [5.74, 6) is -0.507. The Morgan fingerprint density at radius 1 is 0.545 bits per heavy atom. The first-order valence-electron chi connectivity index (χ1n) is 23.4. The predicted molar refractivity (Wildman–Crippen MR) is 236 cm³/mol. The van der Waals surface area contributed by atoms with E-state index in [9.17, 15) is 19.8 Å². The first-order valence-corrected chi connectivity index (χ1v) is 23.4. The first kappa shape index (κ1) is 52.8. The molecular formula is C49H89NO5. The fraction of sp³-hybridized carbons (Fsp3) is 0.796. The molecule has 320 valence electrons. The average molecular weight is 772 g/mol. The molecule has 3 atom stereocenters. The number of aliphatic hydroxyl groups is 2. The van der Waals surface area contributed by atoms with Crippen molar-refractivity contribution in [2.45, 2.75) is 244 Å². The lowest BCUT2D eigenvalue weighted by Crippen LogP contribution is -2.46. The topological polar surface area (TPSA) is 95.9 Å². The van der Waals surface area contributed by atoms with E-state index in [0.717, 1.165) is 96.3 Å². The summed E-state index contributed by atoms with van der Waals surface area (Å²) in [5.41, 5.74) is 0. The maximum atomic E-state index is 13.1. The number of amides is 1. The minimum absolute atomic E-state index is 0.0609. The summed E-state index contributed by atoms with van der Waals surface area (Å²) in [6.45, 7) is 6.30. The van der Waals surface area contributed by atoms with Crippen LogP contribution in [-0.4, -0.2) is 46.9 Å². The van der Waals surface area contributed by atoms with E-state index in [1.807, 2.05) is 0 Å². The van der Waals surface area contributed by atoms with Crippen molar-refractivity contribution in [1.29, 1.82) is 0 Å². The highest BCUT2D eigenvalue weighted by Gasteiger charge is 2.24. The number of hydrogen-bond donors (Lipinski definition) is 3. The highest BCUT2D eigenvalue weighted by molar-refractivity contribution is 5.77. The molecule has 1 amide bonds. The van der Waals surface area contributed by atoms with E-state index in [4.69, 9.17) is 4.74 Å². The fourth-order valence-electron chi connectivity index (χ4n) is 6.84. The van der Waals surface area contributed by atoms with Gasteiger partial charge in [0, 0.05) is 6.42 Å². The maximum Gasteiger partial charge on any atom is 0.306 e. The lowest BCUT2D eigenvalue weighted by atomic mass is 10.0. The van der Waals surface area contributed by atoms with Gasteiger partial charge in [-0.1, -0.05) is 185 Å². The van der Waals surface area contributed by atoms with Crippen molar-refractivity contribution in [3.63, 3.8) is 0 Å². The minimum atomic E-state index is -0.791. The monoisotopic (exact) mass is 772 g/mol. The molecule has 0 heterocycles. The van der Waals surface area contributed by atoms with Crippen LogP contribution < -0.4 is 5.32 Å². The molecular weight excluding hydrogens is 683 g/mol. The molecule has 0 aliphatic heterocycles. The van der Waals surface area contributed by atoms with E-state index in [1.165, 1.54) is 83.5 Å². The zero-order valence-electron chi connectivity index (χ0n) is 36.3. The summed E-state index contributed by atoms with van der Waals surface area (Å²) < 4.78 is 5.88. The third-order valence-corrected chi connectivity index (χ3v) is 10.4. The molecule has 0 aliphatic rings. The summed E-state index contributed by atoms with van der Waals surface area (Å²) in [4.78, 5) is 26.0. The van der Waals surface area contributed by atoms with Gasteiger partial charge in [0.1, 0.15) is 6.10 Å². The molecule has 0 fully saturated rings. The molecule has 0 saturated heterocycles. The molecule has 0 bridgehead atoms. The fourth-order valence-corrected chi connectivity index (χ4v) is 6.84. The standard InChI is InChI=1S/C49H89NO5/c1-4-7-10-13-16-19-21-22-23-24-25-27-30-33-36-39-42-49(54)55-45(40-37-34-31-28-18-15-12-9-6-3)43-48(53)50-46(44-51)47(52)41-38-35-32-29-26-20-17-14-11-8-5-2/h7,10,15-16,18-19,22-23,45-47,51-52H,4-6,8-9,11-14,17,20-21,24-44H2,1-3H3,(H,50,53)/b10-7+,18-15-,19-16+,23-22+. The van der Waals surface area contributed by atoms with Gasteiger partial charge in [-0.3, -0.25) is 9.59 Å². The quantitative estimate of drug-likeness (QED) is 0.0327. The normalized spacial score (nSPS) is 13.8. The Bertz CT molecular complexity index is 957. The minimum Gasteiger partial charge on any atom is -0.462 e. The third kappa shape index (κ3) is 38.5. The van der Waals surface area contributed by atoms with Crippen LogP contribution in [0.4, 0.5) is 0 Å². The SMILES string of the molecule is CC/C=C/C/C=C/C/C=C/CCCCCCCCC(=O)OC(CCCCC/C=C\CCCC)CC(=O)NC(CO)C(O)CCCCCCCCCCCCC. The van der Waals surface area contributed by atoms with Gasteiger partial charge in [-0.2, -0.15) is 0 Å². The largest absolute Gasteiger partial charge is 0.462 e. The molecule has 55 heavy (non-hydrogen) atoms. The Kier molecular flexibility index (Phi) is 41.2. The molecule has 6 heteroatoms. The highest BCUT2D eigenvalue weighted by atomic mass is 16.5. The van der Waals surface area contributed by atoms with Crippen molar-refractivity contribution in [3.8, 4) is 0 Å². The number of nitrogens with one attached hydrogen (secondary N) is 1. The number of hydrogen-bond acceptors (Lipinski definition) is 5. The van der Waals surface area contributed by atoms with Gasteiger partial charge in [0.25, 0.3) is 0 Å². The van der Waals surface area contributed by atoms with Crippen molar-refractivity contribution in [1.82, 2.24) is 5.32 Å². The number of allylic oxidation sites excluding steroid dienone is 8. The second kappa shape index (κ2) is 43.0. The van der Waals surface area contributed by atoms with E-state index in [1.54, 1.807) is 0 Å². The van der Waals surface area contributed by atoms with Gasteiger partial charge in [-0.15, -0.1) is 0 Å². The molecule has 6 nitrogen and oxygen atoms in total. The van der Waals surface area contributed by atoms with Crippen LogP contribution in [0.2, 0.25) is 0 Å². The van der Waals surface area contributed by atoms with E-state index in [2.05, 4.69) is 74.7 Å². The molecule has 0 rings (SSSR count).